The number of hydrogen-bond donors (Lipinski definition) is 0. The average Bonchev–Trinajstić information content (AvgIpc) is 3.45. The number of aromatic nitrogens is 3. The van der Waals surface area contributed by atoms with Gasteiger partial charge in [0.05, 0.1) is 0 Å². The maximum Gasteiger partial charge on any atom is 0.164 e. The van der Waals surface area contributed by atoms with Gasteiger partial charge in [0.25, 0.3) is 0 Å². The number of fused-ring (bicyclic) bond motifs is 4. The second-order valence-corrected chi connectivity index (χ2v) is 14.7. The van der Waals surface area contributed by atoms with Crippen molar-refractivity contribution in [1.82, 2.24) is 15.0 Å². The predicted molar refractivity (Wildman–Crippen MR) is 190 cm³/mol. The Morgan fingerprint density at radius 3 is 1.71 bits per heavy atom. The molecule has 2 heterocycles. The van der Waals surface area contributed by atoms with Gasteiger partial charge in [-0.2, -0.15) is 0 Å². The largest absolute Gasteiger partial charge is 0.208 e. The van der Waals surface area contributed by atoms with Gasteiger partial charge in [-0.05, 0) is 58.1 Å². The minimum Gasteiger partial charge on any atom is -0.208 e. The van der Waals surface area contributed by atoms with E-state index in [9.17, 15) is 0 Å². The van der Waals surface area contributed by atoms with E-state index in [2.05, 4.69) is 125 Å². The first-order chi connectivity index (χ1) is 21.7. The Morgan fingerprint density at radius 1 is 0.444 bits per heavy atom. The molecule has 8 rings (SSSR count). The molecule has 0 radical (unpaired) electrons. The van der Waals surface area contributed by atoms with Gasteiger partial charge in [-0.15, -0.1) is 11.3 Å². The summed E-state index contributed by atoms with van der Waals surface area (Å²) in [6, 6.07) is 41.1. The zero-order valence-electron chi connectivity index (χ0n) is 26.1. The molecule has 0 unspecified atom stereocenters. The SMILES string of the molecule is CC1(C)CCC(C)(C)c2cc(-c3ccc(-c4nc(-c5ccccc5)nc(-c5ccc6c(c5)sc5ccccc56)n4)cc3)ccc21. The molecule has 1 aliphatic rings. The fourth-order valence-corrected chi connectivity index (χ4v) is 7.94. The summed E-state index contributed by atoms with van der Waals surface area (Å²) in [6.45, 7) is 9.52. The van der Waals surface area contributed by atoms with E-state index in [0.29, 0.717) is 17.5 Å². The number of hydrogen-bond acceptors (Lipinski definition) is 4. The van der Waals surface area contributed by atoms with Crippen LogP contribution in [0.2, 0.25) is 0 Å². The topological polar surface area (TPSA) is 38.7 Å². The molecule has 5 aromatic carbocycles. The number of benzene rings is 5. The van der Waals surface area contributed by atoms with Gasteiger partial charge in [-0.3, -0.25) is 0 Å². The summed E-state index contributed by atoms with van der Waals surface area (Å²) < 4.78 is 2.52. The highest BCUT2D eigenvalue weighted by atomic mass is 32.1. The first-order valence-corrected chi connectivity index (χ1v) is 16.6. The highest BCUT2D eigenvalue weighted by Crippen LogP contribution is 2.47. The first kappa shape index (κ1) is 27.8. The molecule has 0 spiro atoms. The average molecular weight is 602 g/mol. The van der Waals surface area contributed by atoms with Crippen LogP contribution in [0.25, 0.3) is 65.5 Å². The van der Waals surface area contributed by atoms with Gasteiger partial charge in [-0.25, -0.2) is 15.0 Å². The number of thiophene rings is 1. The zero-order valence-corrected chi connectivity index (χ0v) is 27.0. The lowest BCUT2D eigenvalue weighted by atomic mass is 9.63. The maximum atomic E-state index is 5.04. The maximum absolute atomic E-state index is 5.04. The van der Waals surface area contributed by atoms with E-state index in [-0.39, 0.29) is 10.8 Å². The lowest BCUT2D eigenvalue weighted by Gasteiger charge is -2.42. The molecule has 2 aromatic heterocycles. The minimum atomic E-state index is 0.175. The van der Waals surface area contributed by atoms with Crippen molar-refractivity contribution in [2.24, 2.45) is 0 Å². The van der Waals surface area contributed by atoms with Crippen molar-refractivity contribution in [3.05, 3.63) is 126 Å². The van der Waals surface area contributed by atoms with Crippen molar-refractivity contribution >= 4 is 31.5 Å². The molecule has 220 valence electrons. The van der Waals surface area contributed by atoms with Crippen LogP contribution in [0.3, 0.4) is 0 Å². The summed E-state index contributed by atoms with van der Waals surface area (Å²) in [7, 11) is 0. The van der Waals surface area contributed by atoms with Gasteiger partial charge in [0.15, 0.2) is 17.5 Å². The van der Waals surface area contributed by atoms with Crippen LogP contribution in [0, 0.1) is 0 Å². The third kappa shape index (κ3) is 4.94. The van der Waals surface area contributed by atoms with Crippen molar-refractivity contribution < 1.29 is 0 Å². The van der Waals surface area contributed by atoms with Crippen LogP contribution in [0.1, 0.15) is 51.7 Å². The second kappa shape index (κ2) is 10.5. The predicted octanol–water partition coefficient (Wildman–Crippen LogP) is 11.3. The third-order valence-electron chi connectivity index (χ3n) is 9.63. The van der Waals surface area contributed by atoms with Gasteiger partial charge in [0, 0.05) is 36.9 Å². The fourth-order valence-electron chi connectivity index (χ4n) is 6.80. The summed E-state index contributed by atoms with van der Waals surface area (Å²) in [4.78, 5) is 15.0. The van der Waals surface area contributed by atoms with Crippen molar-refractivity contribution in [3.63, 3.8) is 0 Å². The Balaban J connectivity index is 1.20. The first-order valence-electron chi connectivity index (χ1n) is 15.7. The summed E-state index contributed by atoms with van der Waals surface area (Å²) in [5.41, 5.74) is 8.74. The van der Waals surface area contributed by atoms with E-state index in [4.69, 9.17) is 15.0 Å². The third-order valence-corrected chi connectivity index (χ3v) is 10.8. The van der Waals surface area contributed by atoms with Gasteiger partial charge < -0.3 is 0 Å². The van der Waals surface area contributed by atoms with Crippen LogP contribution >= 0.6 is 11.3 Å². The molecule has 0 aliphatic heterocycles. The monoisotopic (exact) mass is 601 g/mol. The molecular weight excluding hydrogens is 567 g/mol. The normalized spacial score (nSPS) is 15.3. The lowest BCUT2D eigenvalue weighted by molar-refractivity contribution is 0.332. The molecule has 4 heteroatoms. The van der Waals surface area contributed by atoms with E-state index < -0.39 is 0 Å². The highest BCUT2D eigenvalue weighted by molar-refractivity contribution is 7.25. The van der Waals surface area contributed by atoms with Gasteiger partial charge in [0.2, 0.25) is 0 Å². The standard InChI is InChI=1S/C41H35N3S/c1-40(2)22-23-41(3,4)34-24-29(19-21-33(34)40)26-14-16-28(17-15-26)38-42-37(27-10-6-5-7-11-27)43-39(44-38)30-18-20-32-31-12-8-9-13-35(31)45-36(32)25-30/h5-21,24-25H,22-23H2,1-4H3. The number of rotatable bonds is 4. The summed E-state index contributed by atoms with van der Waals surface area (Å²) in [5.74, 6) is 2.03. The molecule has 0 amide bonds. The molecule has 0 saturated heterocycles. The summed E-state index contributed by atoms with van der Waals surface area (Å²) >= 11 is 1.81. The van der Waals surface area contributed by atoms with Crippen LogP contribution in [0.15, 0.2) is 115 Å². The molecule has 7 aromatic rings. The van der Waals surface area contributed by atoms with Crippen molar-refractivity contribution in [3.8, 4) is 45.3 Å². The van der Waals surface area contributed by atoms with Crippen LogP contribution < -0.4 is 0 Å². The lowest BCUT2D eigenvalue weighted by Crippen LogP contribution is -2.33. The van der Waals surface area contributed by atoms with Crippen LogP contribution in [0.4, 0.5) is 0 Å². The minimum absolute atomic E-state index is 0.175. The molecule has 0 bridgehead atoms. The van der Waals surface area contributed by atoms with E-state index in [0.717, 1.165) is 16.7 Å². The van der Waals surface area contributed by atoms with Crippen LogP contribution in [-0.4, -0.2) is 15.0 Å². The zero-order chi connectivity index (χ0) is 30.8. The quantitative estimate of drug-likeness (QED) is 0.201. The van der Waals surface area contributed by atoms with Crippen molar-refractivity contribution in [2.75, 3.05) is 0 Å². The van der Waals surface area contributed by atoms with Gasteiger partial charge in [0.1, 0.15) is 0 Å². The van der Waals surface area contributed by atoms with Crippen molar-refractivity contribution in [2.45, 2.75) is 51.4 Å². The van der Waals surface area contributed by atoms with Crippen molar-refractivity contribution in [1.29, 1.82) is 0 Å². The van der Waals surface area contributed by atoms with Gasteiger partial charge >= 0.3 is 0 Å². The summed E-state index contributed by atoms with van der Waals surface area (Å²) in [5, 5.41) is 2.55. The van der Waals surface area contributed by atoms with E-state index >= 15 is 0 Å². The number of nitrogens with zero attached hydrogens (tertiary/aromatic N) is 3. The van der Waals surface area contributed by atoms with Crippen LogP contribution in [0.5, 0.6) is 0 Å². The Labute approximate surface area is 268 Å². The molecule has 0 saturated carbocycles. The van der Waals surface area contributed by atoms with E-state index in [1.54, 1.807) is 0 Å². The molecule has 0 fully saturated rings. The Morgan fingerprint density at radius 2 is 0.978 bits per heavy atom. The van der Waals surface area contributed by atoms with Gasteiger partial charge in [-0.1, -0.05) is 131 Å². The second-order valence-electron chi connectivity index (χ2n) is 13.6. The summed E-state index contributed by atoms with van der Waals surface area (Å²) in [6.07, 6.45) is 2.43. The molecule has 3 nitrogen and oxygen atoms in total. The Hall–Kier alpha value is -4.67. The smallest absolute Gasteiger partial charge is 0.164 e. The fraction of sp³-hybridized carbons (Fsp3) is 0.195. The molecular formula is C41H35N3S. The molecule has 0 atom stereocenters. The van der Waals surface area contributed by atoms with E-state index in [1.807, 2.05) is 29.5 Å². The molecule has 1 aliphatic carbocycles. The van der Waals surface area contributed by atoms with Crippen LogP contribution in [-0.2, 0) is 10.8 Å². The molecule has 0 N–H and O–H groups in total. The highest BCUT2D eigenvalue weighted by Gasteiger charge is 2.37. The Bertz CT molecular complexity index is 2210. The van der Waals surface area contributed by atoms with E-state index in [1.165, 1.54) is 55.3 Å². The molecule has 45 heavy (non-hydrogen) atoms. The Kier molecular flexibility index (Phi) is 6.47.